The Labute approximate surface area is 158 Å². The quantitative estimate of drug-likeness (QED) is 0.631. The molecule has 3 aromatic rings. The maximum Gasteiger partial charge on any atom is 0.264 e. The third kappa shape index (κ3) is 2.84. The number of nitrogens with zero attached hydrogens (tertiary/aromatic N) is 3. The van der Waals surface area contributed by atoms with E-state index in [1.807, 2.05) is 17.7 Å². The molecule has 2 aromatic heterocycles. The van der Waals surface area contributed by atoms with E-state index in [0.717, 1.165) is 39.3 Å². The second kappa shape index (κ2) is 6.54. The second-order valence-electron chi connectivity index (χ2n) is 7.50. The molecule has 0 spiro atoms. The molecule has 136 valence electrons. The van der Waals surface area contributed by atoms with Gasteiger partial charge in [-0.2, -0.15) is 5.10 Å². The van der Waals surface area contributed by atoms with Crippen LogP contribution in [0.15, 0.2) is 30.3 Å². The highest BCUT2D eigenvalue weighted by Gasteiger charge is 2.31. The number of carbonyl (C=O) groups excluding carboxylic acids is 1. The zero-order chi connectivity index (χ0) is 18.4. The summed E-state index contributed by atoms with van der Waals surface area (Å²) in [7, 11) is 0. The van der Waals surface area contributed by atoms with Gasteiger partial charge in [0.15, 0.2) is 0 Å². The van der Waals surface area contributed by atoms with E-state index in [2.05, 4.69) is 49.9 Å². The molecule has 0 N–H and O–H groups in total. The van der Waals surface area contributed by atoms with Crippen LogP contribution in [-0.2, 0) is 0 Å². The van der Waals surface area contributed by atoms with Crippen molar-refractivity contribution in [2.45, 2.75) is 59.0 Å². The van der Waals surface area contributed by atoms with Gasteiger partial charge in [-0.15, -0.1) is 11.3 Å². The summed E-state index contributed by atoms with van der Waals surface area (Å²) < 4.78 is 1.97. The van der Waals surface area contributed by atoms with E-state index >= 15 is 0 Å². The van der Waals surface area contributed by atoms with Gasteiger partial charge in [0.05, 0.1) is 16.3 Å². The van der Waals surface area contributed by atoms with Crippen molar-refractivity contribution in [2.75, 3.05) is 0 Å². The normalized spacial score (nSPS) is 20.7. The summed E-state index contributed by atoms with van der Waals surface area (Å²) in [5, 5.41) is 5.77. The minimum Gasteiger partial charge on any atom is -0.333 e. The van der Waals surface area contributed by atoms with Crippen LogP contribution >= 0.6 is 11.3 Å². The number of rotatable bonds is 2. The number of hydrogen-bond acceptors (Lipinski definition) is 3. The molecule has 0 aliphatic carbocycles. The number of amides is 1. The topological polar surface area (TPSA) is 38.1 Å². The molecule has 4 nitrogen and oxygen atoms in total. The van der Waals surface area contributed by atoms with Gasteiger partial charge in [0.2, 0.25) is 0 Å². The van der Waals surface area contributed by atoms with E-state index in [1.165, 1.54) is 12.0 Å². The first-order valence-corrected chi connectivity index (χ1v) is 10.2. The zero-order valence-electron chi connectivity index (χ0n) is 15.8. The largest absolute Gasteiger partial charge is 0.333 e. The Morgan fingerprint density at radius 2 is 1.77 bits per heavy atom. The van der Waals surface area contributed by atoms with Crippen LogP contribution in [0.25, 0.3) is 15.9 Å². The Morgan fingerprint density at radius 1 is 1.12 bits per heavy atom. The Balaban J connectivity index is 1.75. The van der Waals surface area contributed by atoms with Gasteiger partial charge in [-0.3, -0.25) is 4.79 Å². The first-order valence-electron chi connectivity index (χ1n) is 9.34. The summed E-state index contributed by atoms with van der Waals surface area (Å²) >= 11 is 1.56. The number of aryl methyl sites for hydroxylation is 2. The Morgan fingerprint density at radius 3 is 2.42 bits per heavy atom. The van der Waals surface area contributed by atoms with Crippen LogP contribution in [0, 0.1) is 13.8 Å². The molecule has 1 amide bonds. The molecule has 3 heterocycles. The van der Waals surface area contributed by atoms with Gasteiger partial charge in [-0.05, 0) is 65.2 Å². The molecule has 1 aliphatic rings. The molecular weight excluding hydrogens is 342 g/mol. The van der Waals surface area contributed by atoms with E-state index in [1.54, 1.807) is 11.3 Å². The molecule has 0 unspecified atom stereocenters. The van der Waals surface area contributed by atoms with Gasteiger partial charge in [0.25, 0.3) is 5.91 Å². The van der Waals surface area contributed by atoms with E-state index in [9.17, 15) is 4.79 Å². The average Bonchev–Trinajstić information content (AvgIpc) is 3.16. The van der Waals surface area contributed by atoms with Crippen LogP contribution in [0.5, 0.6) is 0 Å². The van der Waals surface area contributed by atoms with Gasteiger partial charge in [0.1, 0.15) is 4.83 Å². The van der Waals surface area contributed by atoms with Crippen molar-refractivity contribution < 1.29 is 4.79 Å². The van der Waals surface area contributed by atoms with Gasteiger partial charge >= 0.3 is 0 Å². The first kappa shape index (κ1) is 17.3. The van der Waals surface area contributed by atoms with Crippen LogP contribution in [0.1, 0.15) is 54.0 Å². The maximum atomic E-state index is 13.2. The summed E-state index contributed by atoms with van der Waals surface area (Å²) in [5.74, 6) is 0.167. The summed E-state index contributed by atoms with van der Waals surface area (Å²) in [6.45, 7) is 8.43. The fraction of sp³-hybridized carbons (Fsp3) is 0.429. The Hall–Kier alpha value is -2.14. The lowest BCUT2D eigenvalue weighted by molar-refractivity contribution is 0.0516. The minimum atomic E-state index is 0.167. The molecule has 1 saturated heterocycles. The van der Waals surface area contributed by atoms with E-state index < -0.39 is 0 Å². The maximum absolute atomic E-state index is 13.2. The lowest BCUT2D eigenvalue weighted by Crippen LogP contribution is -2.47. The lowest BCUT2D eigenvalue weighted by Gasteiger charge is -2.38. The smallest absolute Gasteiger partial charge is 0.264 e. The van der Waals surface area contributed by atoms with Crippen molar-refractivity contribution in [1.29, 1.82) is 0 Å². The fourth-order valence-electron chi connectivity index (χ4n) is 3.96. The summed E-state index contributed by atoms with van der Waals surface area (Å²) in [4.78, 5) is 17.1. The van der Waals surface area contributed by atoms with Crippen LogP contribution in [0.2, 0.25) is 0 Å². The summed E-state index contributed by atoms with van der Waals surface area (Å²) in [6, 6.07) is 11.0. The Bertz CT molecular complexity index is 944. The van der Waals surface area contributed by atoms with Crippen LogP contribution < -0.4 is 0 Å². The molecule has 0 bridgehead atoms. The van der Waals surface area contributed by atoms with Crippen molar-refractivity contribution in [3.63, 3.8) is 0 Å². The van der Waals surface area contributed by atoms with Gasteiger partial charge < -0.3 is 4.90 Å². The molecule has 4 rings (SSSR count). The average molecular weight is 368 g/mol. The number of carbonyl (C=O) groups is 1. The van der Waals surface area contributed by atoms with Gasteiger partial charge in [-0.1, -0.05) is 17.7 Å². The fourth-order valence-corrected chi connectivity index (χ4v) is 5.09. The third-order valence-electron chi connectivity index (χ3n) is 5.46. The summed E-state index contributed by atoms with van der Waals surface area (Å²) in [6.07, 6.45) is 3.40. The van der Waals surface area contributed by atoms with Crippen molar-refractivity contribution in [3.8, 4) is 5.69 Å². The molecule has 1 aromatic carbocycles. The first-order chi connectivity index (χ1) is 12.5. The van der Waals surface area contributed by atoms with Crippen LogP contribution in [0.3, 0.4) is 0 Å². The highest BCUT2D eigenvalue weighted by molar-refractivity contribution is 7.20. The number of benzene rings is 1. The number of aromatic nitrogens is 2. The van der Waals surface area contributed by atoms with Gasteiger partial charge in [-0.25, -0.2) is 4.68 Å². The van der Waals surface area contributed by atoms with Crippen molar-refractivity contribution >= 4 is 27.5 Å². The molecule has 1 aliphatic heterocycles. The van der Waals surface area contributed by atoms with Crippen LogP contribution in [0.4, 0.5) is 0 Å². The monoisotopic (exact) mass is 367 g/mol. The highest BCUT2D eigenvalue weighted by atomic mass is 32.1. The van der Waals surface area contributed by atoms with E-state index in [0.29, 0.717) is 12.1 Å². The Kier molecular flexibility index (Phi) is 4.35. The number of thiophene rings is 1. The predicted molar refractivity (Wildman–Crippen MR) is 107 cm³/mol. The summed E-state index contributed by atoms with van der Waals surface area (Å²) in [5.41, 5.74) is 3.23. The third-order valence-corrected chi connectivity index (χ3v) is 6.56. The van der Waals surface area contributed by atoms with Crippen molar-refractivity contribution in [3.05, 3.63) is 46.5 Å². The van der Waals surface area contributed by atoms with Gasteiger partial charge in [0, 0.05) is 17.5 Å². The van der Waals surface area contributed by atoms with Crippen molar-refractivity contribution in [1.82, 2.24) is 14.7 Å². The number of hydrogen-bond donors (Lipinski definition) is 0. The minimum absolute atomic E-state index is 0.167. The molecule has 0 saturated carbocycles. The van der Waals surface area contributed by atoms with E-state index in [-0.39, 0.29) is 5.91 Å². The zero-order valence-corrected chi connectivity index (χ0v) is 16.6. The molecule has 5 heteroatoms. The molecule has 0 radical (unpaired) electrons. The SMILES string of the molecule is Cc1ccc(-n2nc(C)c3cc(C(=O)N4[C@H](C)CCC[C@@H]4C)sc32)cc1. The molecule has 2 atom stereocenters. The molecular formula is C21H25N3OS. The van der Waals surface area contributed by atoms with Crippen molar-refractivity contribution in [2.24, 2.45) is 0 Å². The number of fused-ring (bicyclic) bond motifs is 1. The van der Waals surface area contributed by atoms with Crippen LogP contribution in [-0.4, -0.2) is 32.7 Å². The molecule has 26 heavy (non-hydrogen) atoms. The molecule has 1 fully saturated rings. The number of likely N-dealkylation sites (tertiary alicyclic amines) is 1. The number of piperidine rings is 1. The standard InChI is InChI=1S/C21H25N3OS/c1-13-8-10-17(11-9-13)24-21-18(16(4)22-24)12-19(26-21)20(25)23-14(2)6-5-7-15(23)3/h8-12,14-15H,5-7H2,1-4H3/t14-,15+. The highest BCUT2D eigenvalue weighted by Crippen LogP contribution is 2.33. The lowest BCUT2D eigenvalue weighted by atomic mass is 9.97. The second-order valence-corrected chi connectivity index (χ2v) is 8.53. The predicted octanol–water partition coefficient (Wildman–Crippen LogP) is 5.11. The van der Waals surface area contributed by atoms with E-state index in [4.69, 9.17) is 5.10 Å².